The van der Waals surface area contributed by atoms with Crippen LogP contribution in [0.5, 0.6) is 0 Å². The number of tetrazole rings is 1. The minimum Gasteiger partial charge on any atom is -0.454 e. The molecule has 0 unspecified atom stereocenters. The predicted molar refractivity (Wildman–Crippen MR) is 163 cm³/mol. The average Bonchev–Trinajstić information content (AvgIpc) is 3.85. The zero-order chi connectivity index (χ0) is 30.7. The number of rotatable bonds is 4. The van der Waals surface area contributed by atoms with Gasteiger partial charge in [0.05, 0.1) is 30.1 Å². The highest BCUT2D eigenvalue weighted by molar-refractivity contribution is 6.30. The Morgan fingerprint density at radius 3 is 2.71 bits per heavy atom. The monoisotopic (exact) mass is 621 g/mol. The van der Waals surface area contributed by atoms with Crippen molar-refractivity contribution in [3.8, 4) is 5.69 Å². The summed E-state index contributed by atoms with van der Waals surface area (Å²) in [6.07, 6.45) is 7.45. The number of carbonyl (C=O) groups excluding carboxylic acids is 3. The van der Waals surface area contributed by atoms with Crippen LogP contribution in [0.4, 0.5) is 5.69 Å². The van der Waals surface area contributed by atoms with Crippen LogP contribution in [0.25, 0.3) is 27.9 Å². The number of anilines is 1. The number of fused-ring (bicyclic) bond motifs is 5. The zero-order valence-electron chi connectivity index (χ0n) is 23.7. The van der Waals surface area contributed by atoms with Crippen molar-refractivity contribution in [2.75, 3.05) is 18.5 Å². The molecule has 0 radical (unpaired) electrons. The third-order valence-electron chi connectivity index (χ3n) is 8.81. The Morgan fingerprint density at radius 1 is 1.07 bits per heavy atom. The second-order valence-corrected chi connectivity index (χ2v) is 11.7. The van der Waals surface area contributed by atoms with Crippen LogP contribution in [0, 0.1) is 0 Å². The molecule has 2 saturated heterocycles. The van der Waals surface area contributed by atoms with Gasteiger partial charge in [0.25, 0.3) is 0 Å². The molecule has 1 N–H and O–H groups in total. The summed E-state index contributed by atoms with van der Waals surface area (Å²) < 4.78 is 15.2. The number of allylic oxidation sites excluding steroid dienone is 4. The molecule has 1 spiro atoms. The predicted octanol–water partition coefficient (Wildman–Crippen LogP) is 4.04. The Labute approximate surface area is 260 Å². The standard InChI is InChI=1S/C32H24ClN7O5/c33-21-1-4-27(38-18-34-36-37-38)25(15-21)19-12-23-3-6-28(39(23)24(13-19)16-41)31(43)35-22-2-5-26-20(11-22)14-29-30(17-42)45-32(40(26)29)7-9-44-10-8-32/h1-2,4-5,11-15,18,28H,3,6-10H2,(H,35,43)/t28-/m0/s1. The minimum atomic E-state index is -0.685. The lowest BCUT2D eigenvalue weighted by atomic mass is 9.98. The molecule has 4 aromatic rings. The van der Waals surface area contributed by atoms with Crippen LogP contribution >= 0.6 is 11.6 Å². The van der Waals surface area contributed by atoms with Gasteiger partial charge in [0.1, 0.15) is 18.1 Å². The van der Waals surface area contributed by atoms with Crippen molar-refractivity contribution >= 4 is 57.3 Å². The SMILES string of the molecule is O=C=C1OC2(CCOCC2)n2c1cc1cc(NC(=O)[C@@H]3CCC4=CC(c5cc(Cl)ccc5-n5cnnn5)=CC(=C=O)N43)ccc12. The van der Waals surface area contributed by atoms with Gasteiger partial charge in [-0.1, -0.05) is 11.6 Å². The van der Waals surface area contributed by atoms with Crippen molar-refractivity contribution < 1.29 is 23.9 Å². The van der Waals surface area contributed by atoms with Crippen molar-refractivity contribution in [1.29, 1.82) is 0 Å². The van der Waals surface area contributed by atoms with Crippen LogP contribution < -0.4 is 5.32 Å². The normalized spacial score (nSPS) is 19.8. The van der Waals surface area contributed by atoms with Gasteiger partial charge in [0.15, 0.2) is 17.6 Å². The van der Waals surface area contributed by atoms with Crippen LogP contribution in [0.1, 0.15) is 36.9 Å². The topological polar surface area (TPSA) is 133 Å². The number of nitrogens with zero attached hydrogens (tertiary/aromatic N) is 6. The molecule has 1 atom stereocenters. The van der Waals surface area contributed by atoms with Crippen LogP contribution in [-0.4, -0.2) is 66.7 Å². The molecule has 1 amide bonds. The summed E-state index contributed by atoms with van der Waals surface area (Å²) in [5, 5.41) is 15.9. The highest BCUT2D eigenvalue weighted by Gasteiger charge is 2.46. The fraction of sp³-hybridized carbons (Fsp3) is 0.250. The summed E-state index contributed by atoms with van der Waals surface area (Å²) in [4.78, 5) is 39.4. The van der Waals surface area contributed by atoms with Gasteiger partial charge in [-0.3, -0.25) is 9.36 Å². The summed E-state index contributed by atoms with van der Waals surface area (Å²) in [5.74, 6) is 3.91. The summed E-state index contributed by atoms with van der Waals surface area (Å²) in [6.45, 7) is 1.06. The summed E-state index contributed by atoms with van der Waals surface area (Å²) in [7, 11) is 0. The molecular weight excluding hydrogens is 598 g/mol. The first-order chi connectivity index (χ1) is 22.0. The molecule has 224 valence electrons. The molecule has 45 heavy (non-hydrogen) atoms. The lowest BCUT2D eigenvalue weighted by Crippen LogP contribution is -2.39. The molecule has 0 bridgehead atoms. The number of carbonyl (C=O) groups is 1. The van der Waals surface area contributed by atoms with Gasteiger partial charge in [0.2, 0.25) is 11.7 Å². The van der Waals surface area contributed by atoms with Crippen molar-refractivity contribution in [2.24, 2.45) is 0 Å². The van der Waals surface area contributed by atoms with Gasteiger partial charge >= 0.3 is 0 Å². The molecule has 2 fully saturated rings. The van der Waals surface area contributed by atoms with E-state index in [1.165, 1.54) is 11.0 Å². The maximum atomic E-state index is 13.7. The first kappa shape index (κ1) is 27.3. The van der Waals surface area contributed by atoms with E-state index in [0.717, 1.165) is 27.7 Å². The van der Waals surface area contributed by atoms with Gasteiger partial charge in [0, 0.05) is 40.2 Å². The van der Waals surface area contributed by atoms with Gasteiger partial charge in [-0.25, -0.2) is 9.59 Å². The maximum absolute atomic E-state index is 13.7. The number of aromatic nitrogens is 5. The third-order valence-corrected chi connectivity index (χ3v) is 9.04. The van der Waals surface area contributed by atoms with Crippen molar-refractivity contribution in [3.63, 3.8) is 0 Å². The van der Waals surface area contributed by atoms with Gasteiger partial charge in [-0.05, 0) is 83.5 Å². The van der Waals surface area contributed by atoms with Crippen LogP contribution in [0.2, 0.25) is 5.02 Å². The fourth-order valence-electron chi connectivity index (χ4n) is 6.83. The smallest absolute Gasteiger partial charge is 0.247 e. The molecule has 2 aromatic heterocycles. The fourth-order valence-corrected chi connectivity index (χ4v) is 7.00. The Balaban J connectivity index is 1.07. The van der Waals surface area contributed by atoms with E-state index in [0.29, 0.717) is 61.0 Å². The Kier molecular flexibility index (Phi) is 6.33. The van der Waals surface area contributed by atoms with Gasteiger partial charge < -0.3 is 19.7 Å². The van der Waals surface area contributed by atoms with E-state index in [9.17, 15) is 14.4 Å². The summed E-state index contributed by atoms with van der Waals surface area (Å²) in [6, 6.07) is 12.2. The Hall–Kier alpha value is -5.25. The quantitative estimate of drug-likeness (QED) is 0.335. The number of halogens is 1. The molecular formula is C32H24ClN7O5. The first-order valence-corrected chi connectivity index (χ1v) is 14.8. The lowest BCUT2D eigenvalue weighted by Gasteiger charge is -2.34. The number of amides is 1. The zero-order valence-corrected chi connectivity index (χ0v) is 24.5. The van der Waals surface area contributed by atoms with E-state index in [1.807, 2.05) is 46.8 Å². The largest absolute Gasteiger partial charge is 0.454 e. The lowest BCUT2D eigenvalue weighted by molar-refractivity contribution is -0.119. The van der Waals surface area contributed by atoms with E-state index in [4.69, 9.17) is 21.1 Å². The van der Waals surface area contributed by atoms with Crippen molar-refractivity contribution in [2.45, 2.75) is 37.5 Å². The van der Waals surface area contributed by atoms with E-state index >= 15 is 0 Å². The maximum Gasteiger partial charge on any atom is 0.247 e. The summed E-state index contributed by atoms with van der Waals surface area (Å²) in [5.41, 5.74) is 4.69. The minimum absolute atomic E-state index is 0.178. The van der Waals surface area contributed by atoms with Crippen LogP contribution in [0.3, 0.4) is 0 Å². The van der Waals surface area contributed by atoms with E-state index < -0.39 is 11.8 Å². The molecule has 4 aliphatic heterocycles. The number of benzene rings is 2. The third kappa shape index (κ3) is 4.34. The number of ether oxygens (including phenoxy) is 2. The van der Waals surface area contributed by atoms with E-state index in [1.54, 1.807) is 29.2 Å². The molecule has 4 aliphatic rings. The highest BCUT2D eigenvalue weighted by Crippen LogP contribution is 2.46. The number of hydrogen-bond donors (Lipinski definition) is 1. The molecule has 6 heterocycles. The van der Waals surface area contributed by atoms with Gasteiger partial charge in [-0.2, -0.15) is 4.68 Å². The summed E-state index contributed by atoms with van der Waals surface area (Å²) >= 11 is 6.34. The number of hydrogen-bond acceptors (Lipinski definition) is 9. The average molecular weight is 622 g/mol. The second kappa shape index (κ2) is 10.4. The number of nitrogens with one attached hydrogen (secondary N) is 1. The van der Waals surface area contributed by atoms with Crippen molar-refractivity contribution in [1.82, 2.24) is 29.7 Å². The molecule has 13 heteroatoms. The second-order valence-electron chi connectivity index (χ2n) is 11.3. The molecule has 0 saturated carbocycles. The molecule has 12 nitrogen and oxygen atoms in total. The molecule has 2 aromatic carbocycles. The van der Waals surface area contributed by atoms with Crippen molar-refractivity contribution in [3.05, 3.63) is 88.6 Å². The van der Waals surface area contributed by atoms with Crippen LogP contribution in [-0.2, 0) is 29.6 Å². The van der Waals surface area contributed by atoms with Crippen LogP contribution in [0.15, 0.2) is 72.3 Å². The highest BCUT2D eigenvalue weighted by atomic mass is 35.5. The molecule has 8 rings (SSSR count). The first-order valence-electron chi connectivity index (χ1n) is 14.5. The van der Waals surface area contributed by atoms with Gasteiger partial charge in [-0.15, -0.1) is 5.10 Å². The van der Waals surface area contributed by atoms with E-state index in [-0.39, 0.29) is 17.4 Å². The Bertz CT molecular complexity index is 2060. The Morgan fingerprint density at radius 2 is 1.93 bits per heavy atom. The molecule has 0 aliphatic carbocycles. The van der Waals surface area contributed by atoms with E-state index in [2.05, 4.69) is 20.8 Å².